The minimum atomic E-state index is -0.268. The van der Waals surface area contributed by atoms with Gasteiger partial charge in [-0.1, -0.05) is 19.1 Å². The summed E-state index contributed by atoms with van der Waals surface area (Å²) in [6.45, 7) is 5.59. The minimum absolute atomic E-state index is 0.268. The zero-order chi connectivity index (χ0) is 5.70. The third-order valence-electron chi connectivity index (χ3n) is 0.986. The van der Waals surface area contributed by atoms with E-state index < -0.39 is 0 Å². The maximum atomic E-state index is 5.30. The molecule has 7 heavy (non-hydrogen) atoms. The maximum Gasteiger partial charge on any atom is 0.0306 e. The molecule has 0 atom stereocenters. The van der Waals surface area contributed by atoms with Gasteiger partial charge in [0.25, 0.3) is 0 Å². The van der Waals surface area contributed by atoms with E-state index in [1.165, 1.54) is 12.5 Å². The van der Waals surface area contributed by atoms with Crippen LogP contribution in [0.25, 0.3) is 0 Å². The highest BCUT2D eigenvalue weighted by atomic mass is 28.3. The van der Waals surface area contributed by atoms with E-state index in [0.29, 0.717) is 0 Å². The maximum absolute atomic E-state index is 5.30. The van der Waals surface area contributed by atoms with Crippen LogP contribution in [0.4, 0.5) is 0 Å². The summed E-state index contributed by atoms with van der Waals surface area (Å²) in [5.74, 6) is 0. The van der Waals surface area contributed by atoms with Gasteiger partial charge in [-0.25, -0.2) is 0 Å². The van der Waals surface area contributed by atoms with E-state index in [-0.39, 0.29) is 8.80 Å². The molecule has 0 radical (unpaired) electrons. The molecule has 2 N–H and O–H groups in total. The van der Waals surface area contributed by atoms with Crippen molar-refractivity contribution in [2.45, 2.75) is 25.6 Å². The van der Waals surface area contributed by atoms with E-state index in [2.05, 4.69) is 13.1 Å². The van der Waals surface area contributed by atoms with Crippen LogP contribution >= 0.6 is 0 Å². The highest BCUT2D eigenvalue weighted by Gasteiger charge is 1.90. The fraction of sp³-hybridized carbons (Fsp3) is 1.00. The van der Waals surface area contributed by atoms with Gasteiger partial charge in [0, 0.05) is 8.80 Å². The predicted octanol–water partition coefficient (Wildman–Crippen LogP) is 0.822. The Labute approximate surface area is 47.5 Å². The first-order chi connectivity index (χ1) is 3.27. The van der Waals surface area contributed by atoms with Crippen molar-refractivity contribution in [1.82, 2.24) is 0 Å². The van der Waals surface area contributed by atoms with Crippen molar-refractivity contribution in [3.05, 3.63) is 0 Å². The molecule has 0 aromatic carbocycles. The Kier molecular flexibility index (Phi) is 4.45. The molecule has 44 valence electrons. The van der Waals surface area contributed by atoms with Crippen molar-refractivity contribution in [2.75, 3.05) is 6.54 Å². The average molecular weight is 117 g/mol. The standard InChI is InChI=1S/C5H15NSi/c1-7(2)5-3-4-6/h7H,3-6H2,1-2H3. The molecule has 0 rings (SSSR count). The van der Waals surface area contributed by atoms with Crippen LogP contribution in [0.2, 0.25) is 19.1 Å². The van der Waals surface area contributed by atoms with Crippen LogP contribution in [-0.4, -0.2) is 15.3 Å². The highest BCUT2D eigenvalue weighted by Crippen LogP contribution is 1.92. The third-order valence-corrected chi connectivity index (χ3v) is 2.55. The molecule has 0 heterocycles. The zero-order valence-electron chi connectivity index (χ0n) is 5.28. The second kappa shape index (κ2) is 4.34. The van der Waals surface area contributed by atoms with Gasteiger partial charge in [0.2, 0.25) is 0 Å². The summed E-state index contributed by atoms with van der Waals surface area (Å²) in [7, 11) is -0.268. The molecular formula is C5H15NSi. The van der Waals surface area contributed by atoms with Gasteiger partial charge in [-0.05, 0) is 13.0 Å². The molecule has 0 saturated heterocycles. The van der Waals surface area contributed by atoms with Gasteiger partial charge in [-0.2, -0.15) is 0 Å². The summed E-state index contributed by atoms with van der Waals surface area (Å²) in [5.41, 5.74) is 5.30. The molecule has 0 aliphatic heterocycles. The second-order valence-corrected chi connectivity index (χ2v) is 5.69. The third kappa shape index (κ3) is 6.18. The summed E-state index contributed by atoms with van der Waals surface area (Å²) < 4.78 is 0. The molecule has 0 aromatic rings. The van der Waals surface area contributed by atoms with Crippen molar-refractivity contribution in [2.24, 2.45) is 5.73 Å². The first-order valence-electron chi connectivity index (χ1n) is 2.97. The number of hydrogen-bond donors (Lipinski definition) is 1. The van der Waals surface area contributed by atoms with E-state index in [4.69, 9.17) is 5.73 Å². The monoisotopic (exact) mass is 117 g/mol. The summed E-state index contributed by atoms with van der Waals surface area (Å²) >= 11 is 0. The zero-order valence-corrected chi connectivity index (χ0v) is 6.43. The lowest BCUT2D eigenvalue weighted by molar-refractivity contribution is 0.920. The molecule has 2 heteroatoms. The van der Waals surface area contributed by atoms with Crippen LogP contribution in [-0.2, 0) is 0 Å². The first kappa shape index (κ1) is 7.18. The molecule has 0 aliphatic rings. The summed E-state index contributed by atoms with van der Waals surface area (Å²) in [6, 6.07) is 1.41. The first-order valence-corrected chi connectivity index (χ1v) is 6.10. The average Bonchev–Trinajstić information content (AvgIpc) is 1.61. The van der Waals surface area contributed by atoms with Gasteiger partial charge in [-0.15, -0.1) is 0 Å². The van der Waals surface area contributed by atoms with Crippen molar-refractivity contribution < 1.29 is 0 Å². The Bertz CT molecular complexity index is 37.1. The molecule has 0 amide bonds. The lowest BCUT2D eigenvalue weighted by atomic mass is 10.5. The summed E-state index contributed by atoms with van der Waals surface area (Å²) in [4.78, 5) is 0. The van der Waals surface area contributed by atoms with Crippen molar-refractivity contribution in [3.63, 3.8) is 0 Å². The minimum Gasteiger partial charge on any atom is -0.330 e. The SMILES string of the molecule is C[SiH](C)CCCN. The molecule has 1 nitrogen and oxygen atoms in total. The molecular weight excluding hydrogens is 102 g/mol. The fourth-order valence-corrected chi connectivity index (χ4v) is 1.58. The Morgan fingerprint density at radius 1 is 1.43 bits per heavy atom. The Morgan fingerprint density at radius 3 is 2.14 bits per heavy atom. The number of rotatable bonds is 3. The molecule has 0 aromatic heterocycles. The number of nitrogens with two attached hydrogens (primary N) is 1. The van der Waals surface area contributed by atoms with Gasteiger partial charge in [0.15, 0.2) is 0 Å². The van der Waals surface area contributed by atoms with Crippen LogP contribution in [0.3, 0.4) is 0 Å². The smallest absolute Gasteiger partial charge is 0.0306 e. The molecule has 0 bridgehead atoms. The molecule has 0 aliphatic carbocycles. The van der Waals surface area contributed by atoms with Crippen molar-refractivity contribution in [1.29, 1.82) is 0 Å². The fourth-order valence-electron chi connectivity index (χ4n) is 0.526. The molecule has 0 unspecified atom stereocenters. The van der Waals surface area contributed by atoms with Gasteiger partial charge < -0.3 is 5.73 Å². The highest BCUT2D eigenvalue weighted by molar-refractivity contribution is 6.55. The lowest BCUT2D eigenvalue weighted by Gasteiger charge is -1.97. The Balaban J connectivity index is 2.68. The summed E-state index contributed by atoms with van der Waals surface area (Å²) in [6.07, 6.45) is 1.24. The predicted molar refractivity (Wildman–Crippen MR) is 37.4 cm³/mol. The second-order valence-electron chi connectivity index (χ2n) is 2.32. The van der Waals surface area contributed by atoms with Crippen molar-refractivity contribution in [3.8, 4) is 0 Å². The largest absolute Gasteiger partial charge is 0.330 e. The van der Waals surface area contributed by atoms with Crippen LogP contribution in [0.1, 0.15) is 6.42 Å². The van der Waals surface area contributed by atoms with E-state index in [1.807, 2.05) is 0 Å². The summed E-state index contributed by atoms with van der Waals surface area (Å²) in [5, 5.41) is 0. The van der Waals surface area contributed by atoms with Crippen LogP contribution < -0.4 is 5.73 Å². The lowest BCUT2D eigenvalue weighted by Crippen LogP contribution is -2.04. The molecule has 0 fully saturated rings. The van der Waals surface area contributed by atoms with Gasteiger partial charge in [-0.3, -0.25) is 0 Å². The normalized spacial score (nSPS) is 10.3. The van der Waals surface area contributed by atoms with Crippen molar-refractivity contribution >= 4 is 8.80 Å². The molecule has 0 spiro atoms. The number of hydrogen-bond acceptors (Lipinski definition) is 1. The van der Waals surface area contributed by atoms with Crippen LogP contribution in [0.15, 0.2) is 0 Å². The molecule has 0 saturated carbocycles. The van der Waals surface area contributed by atoms with E-state index in [1.54, 1.807) is 0 Å². The Morgan fingerprint density at radius 2 is 2.00 bits per heavy atom. The van der Waals surface area contributed by atoms with Crippen LogP contribution in [0.5, 0.6) is 0 Å². The van der Waals surface area contributed by atoms with E-state index in [9.17, 15) is 0 Å². The topological polar surface area (TPSA) is 26.0 Å². The van der Waals surface area contributed by atoms with E-state index >= 15 is 0 Å². The van der Waals surface area contributed by atoms with Gasteiger partial charge >= 0.3 is 0 Å². The van der Waals surface area contributed by atoms with E-state index in [0.717, 1.165) is 6.54 Å². The van der Waals surface area contributed by atoms with Gasteiger partial charge in [0.1, 0.15) is 0 Å². The van der Waals surface area contributed by atoms with Crippen LogP contribution in [0, 0.1) is 0 Å². The quantitative estimate of drug-likeness (QED) is 0.544. The van der Waals surface area contributed by atoms with Gasteiger partial charge in [0.05, 0.1) is 0 Å². The Hall–Kier alpha value is 0.177.